The van der Waals surface area contributed by atoms with E-state index in [4.69, 9.17) is 9.52 Å². The largest absolute Gasteiger partial charge is 0.507 e. The standard InChI is InChI=1S/C15H16O5/c1-4-7(2)14-8(3)9-5-11(16)12(15(18)19)13(17)10(9)6-20-14/h5-7,16H,4H2,1-3H3,(H,18,19). The first-order chi connectivity index (χ1) is 9.38. The molecule has 0 radical (unpaired) electrons. The minimum atomic E-state index is -1.45. The summed E-state index contributed by atoms with van der Waals surface area (Å²) in [6.07, 6.45) is 2.15. The first-order valence-electron chi connectivity index (χ1n) is 6.39. The zero-order valence-electron chi connectivity index (χ0n) is 11.6. The number of hydrogen-bond acceptors (Lipinski definition) is 4. The number of phenols is 1. The molecule has 0 aromatic rings. The van der Waals surface area contributed by atoms with E-state index in [-0.39, 0.29) is 11.5 Å². The maximum Gasteiger partial charge on any atom is 0.343 e. The Bertz CT molecular complexity index is 698. The third-order valence-corrected chi connectivity index (χ3v) is 3.65. The summed E-state index contributed by atoms with van der Waals surface area (Å²) in [4.78, 5) is 23.1. The SMILES string of the molecule is CCC(C)c1occ2c(=O)c(C(=O)O)c(O)cc-2c1C. The van der Waals surface area contributed by atoms with Crippen LogP contribution in [0.1, 0.15) is 47.9 Å². The summed E-state index contributed by atoms with van der Waals surface area (Å²) in [5.41, 5.74) is 0.100. The number of aromatic hydroxyl groups is 1. The highest BCUT2D eigenvalue weighted by molar-refractivity contribution is 5.93. The van der Waals surface area contributed by atoms with Crippen LogP contribution in [0.5, 0.6) is 5.75 Å². The van der Waals surface area contributed by atoms with Crippen LogP contribution >= 0.6 is 0 Å². The van der Waals surface area contributed by atoms with Gasteiger partial charge in [0.25, 0.3) is 0 Å². The fourth-order valence-electron chi connectivity index (χ4n) is 2.31. The van der Waals surface area contributed by atoms with Gasteiger partial charge in [-0.1, -0.05) is 13.8 Å². The molecule has 0 saturated heterocycles. The Labute approximate surface area is 115 Å². The van der Waals surface area contributed by atoms with Crippen molar-refractivity contribution in [1.82, 2.24) is 0 Å². The maximum absolute atomic E-state index is 12.1. The Morgan fingerprint density at radius 2 is 2.05 bits per heavy atom. The molecule has 0 fully saturated rings. The Morgan fingerprint density at radius 3 is 2.60 bits per heavy atom. The lowest BCUT2D eigenvalue weighted by molar-refractivity contribution is 0.0692. The van der Waals surface area contributed by atoms with Gasteiger partial charge in [-0.05, 0) is 30.5 Å². The van der Waals surface area contributed by atoms with Gasteiger partial charge in [-0.2, -0.15) is 0 Å². The van der Waals surface area contributed by atoms with Crippen molar-refractivity contribution in [3.63, 3.8) is 0 Å². The molecule has 0 amide bonds. The molecule has 1 heterocycles. The van der Waals surface area contributed by atoms with Gasteiger partial charge in [0.05, 0.1) is 5.56 Å². The van der Waals surface area contributed by atoms with E-state index in [0.29, 0.717) is 5.56 Å². The summed E-state index contributed by atoms with van der Waals surface area (Å²) < 4.78 is 5.50. The van der Waals surface area contributed by atoms with Gasteiger partial charge >= 0.3 is 5.97 Å². The molecule has 0 saturated carbocycles. The molecule has 0 aromatic carbocycles. The van der Waals surface area contributed by atoms with Gasteiger partial charge in [-0.3, -0.25) is 4.79 Å². The lowest BCUT2D eigenvalue weighted by Gasteiger charge is -2.16. The topological polar surface area (TPSA) is 87.7 Å². The minimum absolute atomic E-state index is 0.171. The number of aromatic carboxylic acids is 1. The third kappa shape index (κ3) is 2.05. The Kier molecular flexibility index (Phi) is 3.53. The van der Waals surface area contributed by atoms with Gasteiger partial charge in [-0.25, -0.2) is 4.79 Å². The van der Waals surface area contributed by atoms with Crippen molar-refractivity contribution in [3.8, 4) is 16.9 Å². The van der Waals surface area contributed by atoms with Crippen LogP contribution in [0.25, 0.3) is 11.1 Å². The lowest BCUT2D eigenvalue weighted by atomic mass is 9.92. The number of fused-ring (bicyclic) bond motifs is 1. The number of rotatable bonds is 3. The number of carboxylic acid groups (broad SMARTS) is 1. The molecule has 106 valence electrons. The van der Waals surface area contributed by atoms with Crippen LogP contribution in [0.15, 0.2) is 21.5 Å². The van der Waals surface area contributed by atoms with Crippen molar-refractivity contribution in [2.24, 2.45) is 0 Å². The van der Waals surface area contributed by atoms with Crippen LogP contribution in [0.3, 0.4) is 0 Å². The molecule has 2 aliphatic rings. The quantitative estimate of drug-likeness (QED) is 0.899. The van der Waals surface area contributed by atoms with Gasteiger partial charge in [0, 0.05) is 5.92 Å². The van der Waals surface area contributed by atoms with Crippen LogP contribution in [0.2, 0.25) is 0 Å². The molecule has 5 nitrogen and oxygen atoms in total. The second-order valence-electron chi connectivity index (χ2n) is 4.90. The summed E-state index contributed by atoms with van der Waals surface area (Å²) in [5.74, 6) is -1.05. The molecular weight excluding hydrogens is 260 g/mol. The van der Waals surface area contributed by atoms with Crippen molar-refractivity contribution in [2.45, 2.75) is 33.1 Å². The van der Waals surface area contributed by atoms with Gasteiger partial charge in [0.15, 0.2) is 0 Å². The highest BCUT2D eigenvalue weighted by Gasteiger charge is 2.24. The first-order valence-corrected chi connectivity index (χ1v) is 6.39. The van der Waals surface area contributed by atoms with E-state index in [2.05, 4.69) is 0 Å². The van der Waals surface area contributed by atoms with E-state index in [1.165, 1.54) is 12.3 Å². The maximum atomic E-state index is 12.1. The van der Waals surface area contributed by atoms with E-state index >= 15 is 0 Å². The summed E-state index contributed by atoms with van der Waals surface area (Å²) in [7, 11) is 0. The second kappa shape index (κ2) is 5.00. The molecule has 5 heteroatoms. The number of benzene rings is 1. The molecule has 1 aliphatic heterocycles. The van der Waals surface area contributed by atoms with Crippen LogP contribution in [0.4, 0.5) is 0 Å². The fourth-order valence-corrected chi connectivity index (χ4v) is 2.31. The Hall–Kier alpha value is -2.30. The average Bonchev–Trinajstić information content (AvgIpc) is 2.39. The zero-order chi connectivity index (χ0) is 15.0. The van der Waals surface area contributed by atoms with Crippen LogP contribution in [-0.2, 0) is 0 Å². The van der Waals surface area contributed by atoms with E-state index < -0.39 is 22.7 Å². The number of hydrogen-bond donors (Lipinski definition) is 2. The lowest BCUT2D eigenvalue weighted by Crippen LogP contribution is -2.18. The normalized spacial score (nSPS) is 12.6. The molecule has 20 heavy (non-hydrogen) atoms. The number of carbonyl (C=O) groups is 1. The zero-order valence-corrected chi connectivity index (χ0v) is 11.6. The molecule has 0 bridgehead atoms. The van der Waals surface area contributed by atoms with Gasteiger partial charge < -0.3 is 14.6 Å². The molecule has 1 aliphatic carbocycles. The van der Waals surface area contributed by atoms with E-state index in [0.717, 1.165) is 17.7 Å². The Balaban J connectivity index is 2.82. The monoisotopic (exact) mass is 276 g/mol. The summed E-state index contributed by atoms with van der Waals surface area (Å²) >= 11 is 0. The van der Waals surface area contributed by atoms with E-state index in [9.17, 15) is 14.7 Å². The van der Waals surface area contributed by atoms with Gasteiger partial charge in [0.1, 0.15) is 23.3 Å². The predicted octanol–water partition coefficient (Wildman–Crippen LogP) is 2.97. The molecule has 2 rings (SSSR count). The van der Waals surface area contributed by atoms with Crippen molar-refractivity contribution in [1.29, 1.82) is 0 Å². The van der Waals surface area contributed by atoms with Crippen LogP contribution in [-0.4, -0.2) is 16.2 Å². The predicted molar refractivity (Wildman–Crippen MR) is 73.7 cm³/mol. The minimum Gasteiger partial charge on any atom is -0.507 e. The summed E-state index contributed by atoms with van der Waals surface area (Å²) in [5, 5.41) is 18.7. The van der Waals surface area contributed by atoms with Crippen molar-refractivity contribution >= 4 is 5.97 Å². The average molecular weight is 276 g/mol. The number of carboxylic acids is 1. The van der Waals surface area contributed by atoms with Gasteiger partial charge in [0.2, 0.25) is 5.43 Å². The third-order valence-electron chi connectivity index (χ3n) is 3.65. The van der Waals surface area contributed by atoms with Crippen molar-refractivity contribution in [3.05, 3.63) is 39.4 Å². The molecular formula is C15H16O5. The molecule has 1 atom stereocenters. The van der Waals surface area contributed by atoms with Crippen molar-refractivity contribution < 1.29 is 19.4 Å². The highest BCUT2D eigenvalue weighted by Crippen LogP contribution is 2.34. The molecule has 0 aromatic heterocycles. The summed E-state index contributed by atoms with van der Waals surface area (Å²) in [6, 6.07) is 1.32. The van der Waals surface area contributed by atoms with Crippen LogP contribution < -0.4 is 5.43 Å². The van der Waals surface area contributed by atoms with E-state index in [1.54, 1.807) is 6.92 Å². The second-order valence-corrected chi connectivity index (χ2v) is 4.90. The van der Waals surface area contributed by atoms with Crippen molar-refractivity contribution in [2.75, 3.05) is 0 Å². The van der Waals surface area contributed by atoms with E-state index in [1.807, 2.05) is 13.8 Å². The van der Waals surface area contributed by atoms with Crippen LogP contribution in [0, 0.1) is 6.92 Å². The fraction of sp³-hybridized carbons (Fsp3) is 0.333. The van der Waals surface area contributed by atoms with Gasteiger partial charge in [-0.15, -0.1) is 0 Å². The highest BCUT2D eigenvalue weighted by atomic mass is 16.4. The first kappa shape index (κ1) is 14.1. The molecule has 2 N–H and O–H groups in total. The Morgan fingerprint density at radius 1 is 1.40 bits per heavy atom. The summed E-state index contributed by atoms with van der Waals surface area (Å²) in [6.45, 7) is 5.82. The molecule has 0 spiro atoms. The smallest absolute Gasteiger partial charge is 0.343 e. The molecule has 1 unspecified atom stereocenters.